The Morgan fingerprint density at radius 3 is 2.83 bits per heavy atom. The summed E-state index contributed by atoms with van der Waals surface area (Å²) in [4.78, 5) is 0. The summed E-state index contributed by atoms with van der Waals surface area (Å²) in [5, 5.41) is 5.68. The Hall–Kier alpha value is -0.750. The molecule has 0 aliphatic carbocycles. The van der Waals surface area contributed by atoms with E-state index in [0.717, 1.165) is 5.56 Å². The molecule has 12 heavy (non-hydrogen) atoms. The number of nitrogens with zero attached hydrogens (tertiary/aromatic N) is 1. The standard InChI is InChI=1S/C5H8ClN3O2S/c1-4-2-7-8-5(4)9-12(10,11)3-6/h2H,3H2,1H3,(H2,7,8,9). The van der Waals surface area contributed by atoms with Gasteiger partial charge >= 0.3 is 0 Å². The minimum atomic E-state index is -3.42. The number of hydrogen-bond donors (Lipinski definition) is 2. The number of aromatic nitrogens is 2. The minimum Gasteiger partial charge on any atom is -0.266 e. The van der Waals surface area contributed by atoms with Gasteiger partial charge < -0.3 is 0 Å². The quantitative estimate of drug-likeness (QED) is 0.718. The van der Waals surface area contributed by atoms with Crippen molar-refractivity contribution < 1.29 is 8.42 Å². The SMILES string of the molecule is Cc1cn[nH]c1NS(=O)(=O)CCl. The summed E-state index contributed by atoms with van der Waals surface area (Å²) in [6.45, 7) is 1.73. The van der Waals surface area contributed by atoms with Gasteiger partial charge in [0, 0.05) is 5.56 Å². The summed E-state index contributed by atoms with van der Waals surface area (Å²) < 4.78 is 24.1. The lowest BCUT2D eigenvalue weighted by Gasteiger charge is -2.01. The Bertz CT molecular complexity index is 359. The van der Waals surface area contributed by atoms with Gasteiger partial charge in [-0.3, -0.25) is 9.82 Å². The van der Waals surface area contributed by atoms with Crippen molar-refractivity contribution in [1.82, 2.24) is 10.2 Å². The third kappa shape index (κ3) is 2.12. The summed E-state index contributed by atoms with van der Waals surface area (Å²) in [5.74, 6) is 0.357. The maximum atomic E-state index is 10.9. The topological polar surface area (TPSA) is 74.8 Å². The fraction of sp³-hybridized carbons (Fsp3) is 0.400. The zero-order valence-electron chi connectivity index (χ0n) is 6.33. The number of nitrogens with one attached hydrogen (secondary N) is 2. The molecule has 0 atom stereocenters. The zero-order valence-corrected chi connectivity index (χ0v) is 7.91. The van der Waals surface area contributed by atoms with E-state index >= 15 is 0 Å². The van der Waals surface area contributed by atoms with Crippen LogP contribution in [-0.2, 0) is 10.0 Å². The number of hydrogen-bond acceptors (Lipinski definition) is 3. The van der Waals surface area contributed by atoms with E-state index in [1.165, 1.54) is 6.20 Å². The summed E-state index contributed by atoms with van der Waals surface area (Å²) in [6.07, 6.45) is 1.52. The van der Waals surface area contributed by atoms with Crippen LogP contribution in [0.15, 0.2) is 6.20 Å². The monoisotopic (exact) mass is 209 g/mol. The molecule has 1 aromatic heterocycles. The molecule has 0 radical (unpaired) electrons. The second kappa shape index (κ2) is 3.32. The highest BCUT2D eigenvalue weighted by atomic mass is 35.5. The molecule has 0 aromatic carbocycles. The Labute approximate surface area is 75.2 Å². The molecule has 7 heteroatoms. The van der Waals surface area contributed by atoms with Crippen LogP contribution in [0.2, 0.25) is 0 Å². The van der Waals surface area contributed by atoms with Crippen molar-refractivity contribution in [2.24, 2.45) is 0 Å². The van der Waals surface area contributed by atoms with Crippen LogP contribution in [-0.4, -0.2) is 23.8 Å². The fourth-order valence-corrected chi connectivity index (χ4v) is 1.37. The fourth-order valence-electron chi connectivity index (χ4n) is 0.632. The van der Waals surface area contributed by atoms with Gasteiger partial charge in [-0.2, -0.15) is 5.10 Å². The van der Waals surface area contributed by atoms with Crippen LogP contribution >= 0.6 is 11.6 Å². The van der Waals surface area contributed by atoms with Crippen LogP contribution in [0.25, 0.3) is 0 Å². The summed E-state index contributed by atoms with van der Waals surface area (Å²) in [5.41, 5.74) is 0.726. The van der Waals surface area contributed by atoms with Gasteiger partial charge in [-0.1, -0.05) is 0 Å². The van der Waals surface area contributed by atoms with E-state index in [1.807, 2.05) is 0 Å². The largest absolute Gasteiger partial charge is 0.266 e. The predicted molar refractivity (Wildman–Crippen MR) is 46.6 cm³/mol. The number of rotatable bonds is 3. The van der Waals surface area contributed by atoms with Gasteiger partial charge in [-0.25, -0.2) is 8.42 Å². The molecule has 2 N–H and O–H groups in total. The molecule has 1 heterocycles. The second-order valence-corrected chi connectivity index (χ2v) is 4.56. The first-order valence-corrected chi connectivity index (χ1v) is 5.30. The number of sulfonamides is 1. The first kappa shape index (κ1) is 9.34. The van der Waals surface area contributed by atoms with E-state index in [9.17, 15) is 8.42 Å². The molecule has 0 aliphatic rings. The molecule has 68 valence electrons. The van der Waals surface area contributed by atoms with Gasteiger partial charge in [0.1, 0.15) is 11.0 Å². The lowest BCUT2D eigenvalue weighted by molar-refractivity contribution is 0.605. The molecular weight excluding hydrogens is 202 g/mol. The normalized spacial score (nSPS) is 11.5. The van der Waals surface area contributed by atoms with Gasteiger partial charge in [-0.15, -0.1) is 11.6 Å². The van der Waals surface area contributed by atoms with E-state index in [-0.39, 0.29) is 0 Å². The number of alkyl halides is 1. The molecule has 5 nitrogen and oxygen atoms in total. The van der Waals surface area contributed by atoms with Crippen molar-refractivity contribution in [3.63, 3.8) is 0 Å². The molecule has 0 bridgehead atoms. The van der Waals surface area contributed by atoms with Gasteiger partial charge in [0.25, 0.3) is 0 Å². The lowest BCUT2D eigenvalue weighted by atomic mass is 10.4. The third-order valence-corrected chi connectivity index (χ3v) is 2.89. The van der Waals surface area contributed by atoms with Crippen LogP contribution in [0.3, 0.4) is 0 Å². The number of aryl methyl sites for hydroxylation is 1. The van der Waals surface area contributed by atoms with Crippen molar-refractivity contribution in [2.75, 3.05) is 9.93 Å². The highest BCUT2D eigenvalue weighted by molar-refractivity contribution is 7.93. The van der Waals surface area contributed by atoms with E-state index in [1.54, 1.807) is 6.92 Å². The van der Waals surface area contributed by atoms with Crippen molar-refractivity contribution in [3.8, 4) is 0 Å². The number of anilines is 1. The van der Waals surface area contributed by atoms with E-state index < -0.39 is 15.2 Å². The van der Waals surface area contributed by atoms with Crippen molar-refractivity contribution in [3.05, 3.63) is 11.8 Å². The maximum Gasteiger partial charge on any atom is 0.247 e. The summed E-state index contributed by atoms with van der Waals surface area (Å²) >= 11 is 5.18. The average Bonchev–Trinajstić information content (AvgIpc) is 2.36. The third-order valence-electron chi connectivity index (χ3n) is 1.23. The Morgan fingerprint density at radius 1 is 1.75 bits per heavy atom. The van der Waals surface area contributed by atoms with Crippen molar-refractivity contribution in [1.29, 1.82) is 0 Å². The van der Waals surface area contributed by atoms with Crippen LogP contribution < -0.4 is 4.72 Å². The van der Waals surface area contributed by atoms with E-state index in [0.29, 0.717) is 5.82 Å². The highest BCUT2D eigenvalue weighted by Crippen LogP contribution is 2.10. The molecule has 0 fully saturated rings. The molecule has 1 rings (SSSR count). The first-order valence-electron chi connectivity index (χ1n) is 3.11. The smallest absolute Gasteiger partial charge is 0.247 e. The Balaban J connectivity index is 2.84. The summed E-state index contributed by atoms with van der Waals surface area (Å²) in [6, 6.07) is 0. The Morgan fingerprint density at radius 2 is 2.42 bits per heavy atom. The van der Waals surface area contributed by atoms with Crippen LogP contribution in [0.5, 0.6) is 0 Å². The molecule has 0 amide bonds. The molecule has 1 aromatic rings. The van der Waals surface area contributed by atoms with E-state index in [4.69, 9.17) is 11.6 Å². The number of halogens is 1. The van der Waals surface area contributed by atoms with Gasteiger partial charge in [0.2, 0.25) is 10.0 Å². The van der Waals surface area contributed by atoms with Gasteiger partial charge in [-0.05, 0) is 6.92 Å². The van der Waals surface area contributed by atoms with Crippen LogP contribution in [0.1, 0.15) is 5.56 Å². The van der Waals surface area contributed by atoms with Crippen molar-refractivity contribution >= 4 is 27.4 Å². The maximum absolute atomic E-state index is 10.9. The number of aromatic amines is 1. The van der Waals surface area contributed by atoms with Crippen LogP contribution in [0, 0.1) is 6.92 Å². The molecule has 0 saturated carbocycles. The first-order chi connectivity index (χ1) is 5.55. The molecule has 0 saturated heterocycles. The molecular formula is C5H8ClN3O2S. The highest BCUT2D eigenvalue weighted by Gasteiger charge is 2.10. The van der Waals surface area contributed by atoms with E-state index in [2.05, 4.69) is 14.9 Å². The van der Waals surface area contributed by atoms with Gasteiger partial charge in [0.05, 0.1) is 6.20 Å². The predicted octanol–water partition coefficient (Wildman–Crippen LogP) is 0.656. The second-order valence-electron chi connectivity index (χ2n) is 2.25. The van der Waals surface area contributed by atoms with Gasteiger partial charge in [0.15, 0.2) is 0 Å². The lowest BCUT2D eigenvalue weighted by Crippen LogP contribution is -2.14. The summed E-state index contributed by atoms with van der Waals surface area (Å²) in [7, 11) is -3.42. The minimum absolute atomic E-state index is 0.357. The Kier molecular flexibility index (Phi) is 2.58. The molecule has 0 aliphatic heterocycles. The molecule has 0 unspecified atom stereocenters. The molecule has 0 spiro atoms. The zero-order chi connectivity index (χ0) is 9.19. The number of H-pyrrole nitrogens is 1. The van der Waals surface area contributed by atoms with Crippen LogP contribution in [0.4, 0.5) is 5.82 Å². The average molecular weight is 210 g/mol. The van der Waals surface area contributed by atoms with Crippen molar-refractivity contribution in [2.45, 2.75) is 6.92 Å².